The molecule has 0 radical (unpaired) electrons. The Labute approximate surface area is 118 Å². The van der Waals surface area contributed by atoms with Gasteiger partial charge in [0.15, 0.2) is 0 Å². The number of hydrogen-bond acceptors (Lipinski definition) is 3. The van der Waals surface area contributed by atoms with E-state index in [4.69, 9.17) is 11.5 Å². The largest absolute Gasteiger partial charge is 0.366 e. The molecule has 5 nitrogen and oxygen atoms in total. The predicted octanol–water partition coefficient (Wildman–Crippen LogP) is 0.985. The molecule has 108 valence electrons. The maximum Gasteiger partial charge on any atom is 0.254 e. The molecular formula is C15H21N3O2. The van der Waals surface area contributed by atoms with Gasteiger partial charge in [0, 0.05) is 23.7 Å². The monoisotopic (exact) mass is 275 g/mol. The number of carbonyl (C=O) groups excluding carboxylic acids is 2. The molecule has 1 saturated heterocycles. The molecule has 0 aliphatic carbocycles. The predicted molar refractivity (Wildman–Crippen MR) is 77.2 cm³/mol. The number of amides is 2. The molecule has 20 heavy (non-hydrogen) atoms. The van der Waals surface area contributed by atoms with Crippen LogP contribution in [-0.4, -0.2) is 35.8 Å². The number of rotatable bonds is 3. The van der Waals surface area contributed by atoms with Crippen molar-refractivity contribution in [1.82, 2.24) is 4.90 Å². The van der Waals surface area contributed by atoms with Crippen LogP contribution >= 0.6 is 0 Å². The van der Waals surface area contributed by atoms with Gasteiger partial charge in [-0.3, -0.25) is 9.59 Å². The van der Waals surface area contributed by atoms with Crippen molar-refractivity contribution in [3.8, 4) is 0 Å². The molecule has 1 heterocycles. The smallest absolute Gasteiger partial charge is 0.254 e. The first-order valence-electron chi connectivity index (χ1n) is 6.93. The van der Waals surface area contributed by atoms with Crippen molar-refractivity contribution < 1.29 is 9.59 Å². The highest BCUT2D eigenvalue weighted by molar-refractivity contribution is 5.99. The van der Waals surface area contributed by atoms with E-state index < -0.39 is 5.91 Å². The molecule has 2 atom stereocenters. The lowest BCUT2D eigenvalue weighted by atomic mass is 9.93. The van der Waals surface area contributed by atoms with Gasteiger partial charge >= 0.3 is 0 Å². The summed E-state index contributed by atoms with van der Waals surface area (Å²) >= 11 is 0. The SMILES string of the molecule is CC1CCC(CN)CN1C(=O)c1cccc(C(N)=O)c1. The molecule has 5 heteroatoms. The number of hydrogen-bond donors (Lipinski definition) is 2. The zero-order valence-electron chi connectivity index (χ0n) is 11.7. The lowest BCUT2D eigenvalue weighted by Crippen LogP contribution is -2.47. The van der Waals surface area contributed by atoms with Crippen LogP contribution in [0.2, 0.25) is 0 Å². The van der Waals surface area contributed by atoms with Crippen molar-refractivity contribution >= 4 is 11.8 Å². The second-order valence-corrected chi connectivity index (χ2v) is 5.43. The number of carbonyl (C=O) groups is 2. The highest BCUT2D eigenvalue weighted by atomic mass is 16.2. The fourth-order valence-electron chi connectivity index (χ4n) is 2.63. The van der Waals surface area contributed by atoms with Gasteiger partial charge < -0.3 is 16.4 Å². The molecule has 1 aromatic carbocycles. The van der Waals surface area contributed by atoms with E-state index in [1.165, 1.54) is 0 Å². The lowest BCUT2D eigenvalue weighted by Gasteiger charge is -2.37. The van der Waals surface area contributed by atoms with Crippen LogP contribution in [0.1, 0.15) is 40.5 Å². The van der Waals surface area contributed by atoms with Crippen LogP contribution in [0.4, 0.5) is 0 Å². The van der Waals surface area contributed by atoms with Crippen molar-refractivity contribution in [3.05, 3.63) is 35.4 Å². The third-order valence-electron chi connectivity index (χ3n) is 3.97. The van der Waals surface area contributed by atoms with Crippen LogP contribution < -0.4 is 11.5 Å². The maximum absolute atomic E-state index is 12.6. The van der Waals surface area contributed by atoms with Crippen molar-refractivity contribution in [3.63, 3.8) is 0 Å². The Kier molecular flexibility index (Phi) is 4.39. The van der Waals surface area contributed by atoms with E-state index in [0.29, 0.717) is 30.1 Å². The number of primary amides is 1. The van der Waals surface area contributed by atoms with Crippen LogP contribution in [0.25, 0.3) is 0 Å². The highest BCUT2D eigenvalue weighted by Crippen LogP contribution is 2.23. The Morgan fingerprint density at radius 1 is 1.30 bits per heavy atom. The average Bonchev–Trinajstić information content (AvgIpc) is 2.47. The minimum atomic E-state index is -0.522. The molecule has 1 aliphatic heterocycles. The summed E-state index contributed by atoms with van der Waals surface area (Å²) in [6.45, 7) is 3.32. The van der Waals surface area contributed by atoms with E-state index in [9.17, 15) is 9.59 Å². The van der Waals surface area contributed by atoms with Gasteiger partial charge in [-0.1, -0.05) is 6.07 Å². The molecule has 0 spiro atoms. The number of nitrogens with two attached hydrogens (primary N) is 2. The van der Waals surface area contributed by atoms with E-state index in [0.717, 1.165) is 12.8 Å². The quantitative estimate of drug-likeness (QED) is 0.861. The van der Waals surface area contributed by atoms with Gasteiger partial charge in [-0.05, 0) is 50.4 Å². The number of nitrogens with zero attached hydrogens (tertiary/aromatic N) is 1. The van der Waals surface area contributed by atoms with E-state index in [1.807, 2.05) is 11.8 Å². The summed E-state index contributed by atoms with van der Waals surface area (Å²) in [6, 6.07) is 6.77. The van der Waals surface area contributed by atoms with E-state index >= 15 is 0 Å². The summed E-state index contributed by atoms with van der Waals surface area (Å²) in [5.74, 6) is -0.223. The van der Waals surface area contributed by atoms with Gasteiger partial charge in [-0.2, -0.15) is 0 Å². The Morgan fingerprint density at radius 3 is 2.65 bits per heavy atom. The molecule has 2 amide bonds. The molecule has 1 aromatic rings. The Bertz CT molecular complexity index is 516. The van der Waals surface area contributed by atoms with Gasteiger partial charge in [0.1, 0.15) is 0 Å². The Morgan fingerprint density at radius 2 is 2.00 bits per heavy atom. The van der Waals surface area contributed by atoms with Gasteiger partial charge in [0.05, 0.1) is 0 Å². The first kappa shape index (κ1) is 14.5. The fraction of sp³-hybridized carbons (Fsp3) is 0.467. The van der Waals surface area contributed by atoms with Crippen molar-refractivity contribution in [2.75, 3.05) is 13.1 Å². The molecular weight excluding hydrogens is 254 g/mol. The van der Waals surface area contributed by atoms with Crippen molar-refractivity contribution in [2.24, 2.45) is 17.4 Å². The third-order valence-corrected chi connectivity index (χ3v) is 3.97. The third kappa shape index (κ3) is 2.99. The first-order chi connectivity index (χ1) is 9.52. The van der Waals surface area contributed by atoms with Crippen LogP contribution in [-0.2, 0) is 0 Å². The summed E-state index contributed by atoms with van der Waals surface area (Å²) in [4.78, 5) is 25.6. The minimum absolute atomic E-state index is 0.0567. The molecule has 0 aromatic heterocycles. The summed E-state index contributed by atoms with van der Waals surface area (Å²) < 4.78 is 0. The zero-order chi connectivity index (χ0) is 14.7. The lowest BCUT2D eigenvalue weighted by molar-refractivity contribution is 0.0567. The van der Waals surface area contributed by atoms with E-state index in [2.05, 4.69) is 0 Å². The summed E-state index contributed by atoms with van der Waals surface area (Å²) in [7, 11) is 0. The average molecular weight is 275 g/mol. The van der Waals surface area contributed by atoms with Gasteiger partial charge in [0.25, 0.3) is 5.91 Å². The molecule has 1 fully saturated rings. The summed E-state index contributed by atoms with van der Waals surface area (Å²) in [5, 5.41) is 0. The van der Waals surface area contributed by atoms with Crippen LogP contribution in [0.15, 0.2) is 24.3 Å². The zero-order valence-corrected chi connectivity index (χ0v) is 11.7. The topological polar surface area (TPSA) is 89.4 Å². The minimum Gasteiger partial charge on any atom is -0.366 e. The second-order valence-electron chi connectivity index (χ2n) is 5.43. The molecule has 0 saturated carbocycles. The molecule has 1 aliphatic rings. The molecule has 2 unspecified atom stereocenters. The summed E-state index contributed by atoms with van der Waals surface area (Å²) in [5.41, 5.74) is 11.8. The van der Waals surface area contributed by atoms with Crippen molar-refractivity contribution in [1.29, 1.82) is 0 Å². The highest BCUT2D eigenvalue weighted by Gasteiger charge is 2.29. The number of benzene rings is 1. The van der Waals surface area contributed by atoms with Gasteiger partial charge in [0.2, 0.25) is 5.91 Å². The van der Waals surface area contributed by atoms with Crippen molar-refractivity contribution in [2.45, 2.75) is 25.8 Å². The number of piperidine rings is 1. The first-order valence-corrected chi connectivity index (χ1v) is 6.93. The van der Waals surface area contributed by atoms with Crippen LogP contribution in [0.5, 0.6) is 0 Å². The summed E-state index contributed by atoms with van der Waals surface area (Å²) in [6.07, 6.45) is 2.02. The standard InChI is InChI=1S/C15H21N3O2/c1-10-5-6-11(8-16)9-18(10)15(20)13-4-2-3-12(7-13)14(17)19/h2-4,7,10-11H,5-6,8-9,16H2,1H3,(H2,17,19). The Hall–Kier alpha value is -1.88. The number of likely N-dealkylation sites (tertiary alicyclic amines) is 1. The molecule has 2 rings (SSSR count). The maximum atomic E-state index is 12.6. The molecule has 4 N–H and O–H groups in total. The van der Waals surface area contributed by atoms with Gasteiger partial charge in [-0.15, -0.1) is 0 Å². The van der Waals surface area contributed by atoms with E-state index in [-0.39, 0.29) is 11.9 Å². The molecule has 0 bridgehead atoms. The normalized spacial score (nSPS) is 22.6. The van der Waals surface area contributed by atoms with Gasteiger partial charge in [-0.25, -0.2) is 0 Å². The van der Waals surface area contributed by atoms with Crippen LogP contribution in [0.3, 0.4) is 0 Å². The van der Waals surface area contributed by atoms with Crippen LogP contribution in [0, 0.1) is 5.92 Å². The van der Waals surface area contributed by atoms with E-state index in [1.54, 1.807) is 24.3 Å². The fourth-order valence-corrected chi connectivity index (χ4v) is 2.63. The Balaban J connectivity index is 2.21. The second kappa shape index (κ2) is 6.05.